The third-order valence-corrected chi connectivity index (χ3v) is 3.42. The highest BCUT2D eigenvalue weighted by atomic mass is 16.5. The van der Waals surface area contributed by atoms with Gasteiger partial charge < -0.3 is 10.1 Å². The van der Waals surface area contributed by atoms with E-state index >= 15 is 0 Å². The van der Waals surface area contributed by atoms with Crippen LogP contribution in [0.2, 0.25) is 0 Å². The summed E-state index contributed by atoms with van der Waals surface area (Å²) >= 11 is 0. The largest absolute Gasteiger partial charge is 0.496 e. The summed E-state index contributed by atoms with van der Waals surface area (Å²) in [6, 6.07) is 8.31. The third-order valence-electron chi connectivity index (χ3n) is 3.42. The van der Waals surface area contributed by atoms with Gasteiger partial charge in [-0.3, -0.25) is 4.68 Å². The van der Waals surface area contributed by atoms with Gasteiger partial charge >= 0.3 is 0 Å². The van der Waals surface area contributed by atoms with E-state index < -0.39 is 0 Å². The maximum Gasteiger partial charge on any atom is 0.123 e. The minimum Gasteiger partial charge on any atom is -0.496 e. The van der Waals surface area contributed by atoms with Crippen molar-refractivity contribution < 1.29 is 4.74 Å². The molecule has 1 aromatic heterocycles. The number of aryl methyl sites for hydroxylation is 1. The molecule has 2 rings (SSSR count). The van der Waals surface area contributed by atoms with Crippen molar-refractivity contribution >= 4 is 0 Å². The van der Waals surface area contributed by atoms with E-state index in [1.807, 2.05) is 16.9 Å². The van der Waals surface area contributed by atoms with E-state index in [1.54, 1.807) is 7.11 Å². The first kappa shape index (κ1) is 15.6. The van der Waals surface area contributed by atoms with Crippen molar-refractivity contribution in [3.63, 3.8) is 0 Å². The van der Waals surface area contributed by atoms with E-state index in [1.165, 1.54) is 11.3 Å². The SMILES string of the molecule is COc1ccc(C)cc1Cn1nccc1CNCC(C)C. The molecule has 0 aliphatic carbocycles. The normalized spacial score (nSPS) is 11.1. The van der Waals surface area contributed by atoms with Gasteiger partial charge in [0, 0.05) is 18.3 Å². The maximum atomic E-state index is 5.44. The zero-order valence-electron chi connectivity index (χ0n) is 13.4. The van der Waals surface area contributed by atoms with Crippen LogP contribution in [0.25, 0.3) is 0 Å². The fourth-order valence-corrected chi connectivity index (χ4v) is 2.33. The smallest absolute Gasteiger partial charge is 0.123 e. The molecule has 0 fully saturated rings. The lowest BCUT2D eigenvalue weighted by molar-refractivity contribution is 0.406. The Hall–Kier alpha value is -1.81. The number of nitrogens with one attached hydrogen (secondary N) is 1. The van der Waals surface area contributed by atoms with Gasteiger partial charge in [-0.25, -0.2) is 0 Å². The van der Waals surface area contributed by atoms with Crippen molar-refractivity contribution in [3.8, 4) is 5.75 Å². The molecule has 0 aliphatic heterocycles. The Labute approximate surface area is 127 Å². The fourth-order valence-electron chi connectivity index (χ4n) is 2.33. The van der Waals surface area contributed by atoms with Crippen LogP contribution in [0.15, 0.2) is 30.5 Å². The maximum absolute atomic E-state index is 5.44. The molecule has 0 saturated heterocycles. The lowest BCUT2D eigenvalue weighted by atomic mass is 10.1. The van der Waals surface area contributed by atoms with Gasteiger partial charge in [0.25, 0.3) is 0 Å². The molecule has 0 bridgehead atoms. The average Bonchev–Trinajstić information content (AvgIpc) is 2.86. The number of hydrogen-bond donors (Lipinski definition) is 1. The summed E-state index contributed by atoms with van der Waals surface area (Å²) in [5, 5.41) is 7.90. The molecule has 114 valence electrons. The van der Waals surface area contributed by atoms with E-state index in [0.29, 0.717) is 5.92 Å². The van der Waals surface area contributed by atoms with Gasteiger partial charge in [0.1, 0.15) is 5.75 Å². The summed E-state index contributed by atoms with van der Waals surface area (Å²) in [4.78, 5) is 0. The second kappa shape index (κ2) is 7.27. The van der Waals surface area contributed by atoms with Crippen LogP contribution in [-0.4, -0.2) is 23.4 Å². The van der Waals surface area contributed by atoms with E-state index in [4.69, 9.17) is 4.74 Å². The molecule has 4 heteroatoms. The minimum atomic E-state index is 0.651. The fraction of sp³-hybridized carbons (Fsp3) is 0.471. The highest BCUT2D eigenvalue weighted by Gasteiger charge is 2.08. The monoisotopic (exact) mass is 287 g/mol. The number of nitrogens with zero attached hydrogens (tertiary/aromatic N) is 2. The zero-order chi connectivity index (χ0) is 15.2. The van der Waals surface area contributed by atoms with Gasteiger partial charge in [-0.05, 0) is 31.5 Å². The standard InChI is InChI=1S/C17H25N3O/c1-13(2)10-18-11-16-7-8-19-20(16)12-15-9-14(3)5-6-17(15)21-4/h5-9,13,18H,10-12H2,1-4H3. The summed E-state index contributed by atoms with van der Waals surface area (Å²) in [5.41, 5.74) is 3.59. The molecular formula is C17H25N3O. The molecule has 1 aromatic carbocycles. The second-order valence-electron chi connectivity index (χ2n) is 5.82. The highest BCUT2D eigenvalue weighted by Crippen LogP contribution is 2.21. The van der Waals surface area contributed by atoms with Crippen LogP contribution in [0.5, 0.6) is 5.75 Å². The van der Waals surface area contributed by atoms with Crippen molar-refractivity contribution in [2.24, 2.45) is 5.92 Å². The molecule has 4 nitrogen and oxygen atoms in total. The molecular weight excluding hydrogens is 262 g/mol. The molecule has 0 amide bonds. The van der Waals surface area contributed by atoms with Crippen molar-refractivity contribution in [2.75, 3.05) is 13.7 Å². The van der Waals surface area contributed by atoms with E-state index in [9.17, 15) is 0 Å². The van der Waals surface area contributed by atoms with Crippen molar-refractivity contribution in [2.45, 2.75) is 33.9 Å². The number of rotatable bonds is 7. The van der Waals surface area contributed by atoms with E-state index in [0.717, 1.165) is 30.9 Å². The van der Waals surface area contributed by atoms with Crippen LogP contribution in [0.4, 0.5) is 0 Å². The Kier molecular flexibility index (Phi) is 5.39. The predicted molar refractivity (Wildman–Crippen MR) is 85.6 cm³/mol. The molecule has 0 saturated carbocycles. The van der Waals surface area contributed by atoms with Crippen LogP contribution in [0.3, 0.4) is 0 Å². The molecule has 0 unspecified atom stereocenters. The number of hydrogen-bond acceptors (Lipinski definition) is 3. The van der Waals surface area contributed by atoms with E-state index in [2.05, 4.69) is 49.4 Å². The van der Waals surface area contributed by atoms with Crippen LogP contribution in [0.1, 0.15) is 30.7 Å². The number of benzene rings is 1. The Balaban J connectivity index is 2.10. The highest BCUT2D eigenvalue weighted by molar-refractivity contribution is 5.37. The Morgan fingerprint density at radius 2 is 2.10 bits per heavy atom. The number of aromatic nitrogens is 2. The summed E-state index contributed by atoms with van der Waals surface area (Å²) in [6.07, 6.45) is 1.86. The molecule has 0 radical (unpaired) electrons. The second-order valence-corrected chi connectivity index (χ2v) is 5.82. The quantitative estimate of drug-likeness (QED) is 0.851. The summed E-state index contributed by atoms with van der Waals surface area (Å²) in [7, 11) is 1.71. The van der Waals surface area contributed by atoms with Crippen LogP contribution in [-0.2, 0) is 13.1 Å². The molecule has 1 heterocycles. The van der Waals surface area contributed by atoms with Crippen molar-refractivity contribution in [3.05, 3.63) is 47.3 Å². The Bertz CT molecular complexity index is 575. The molecule has 2 aromatic rings. The third kappa shape index (κ3) is 4.33. The van der Waals surface area contributed by atoms with Gasteiger partial charge in [-0.1, -0.05) is 31.5 Å². The number of ether oxygens (including phenoxy) is 1. The first-order chi connectivity index (χ1) is 10.1. The molecule has 21 heavy (non-hydrogen) atoms. The molecule has 0 atom stereocenters. The molecule has 0 aliphatic rings. The first-order valence-corrected chi connectivity index (χ1v) is 7.45. The predicted octanol–water partition coefficient (Wildman–Crippen LogP) is 2.99. The Morgan fingerprint density at radius 3 is 2.81 bits per heavy atom. The molecule has 0 spiro atoms. The Morgan fingerprint density at radius 1 is 1.29 bits per heavy atom. The number of methoxy groups -OCH3 is 1. The van der Waals surface area contributed by atoms with Crippen molar-refractivity contribution in [1.82, 2.24) is 15.1 Å². The zero-order valence-corrected chi connectivity index (χ0v) is 13.4. The van der Waals surface area contributed by atoms with Gasteiger partial charge in [-0.2, -0.15) is 5.10 Å². The summed E-state index contributed by atoms with van der Waals surface area (Å²) in [5.74, 6) is 1.57. The van der Waals surface area contributed by atoms with Crippen LogP contribution in [0, 0.1) is 12.8 Å². The molecule has 1 N–H and O–H groups in total. The van der Waals surface area contributed by atoms with Crippen molar-refractivity contribution in [1.29, 1.82) is 0 Å². The van der Waals surface area contributed by atoms with Crippen LogP contribution < -0.4 is 10.1 Å². The first-order valence-electron chi connectivity index (χ1n) is 7.45. The van der Waals surface area contributed by atoms with Gasteiger partial charge in [0.15, 0.2) is 0 Å². The topological polar surface area (TPSA) is 39.1 Å². The lowest BCUT2D eigenvalue weighted by Gasteiger charge is -2.13. The minimum absolute atomic E-state index is 0.651. The van der Waals surface area contributed by atoms with Gasteiger partial charge in [-0.15, -0.1) is 0 Å². The van der Waals surface area contributed by atoms with Gasteiger partial charge in [0.2, 0.25) is 0 Å². The summed E-state index contributed by atoms with van der Waals surface area (Å²) in [6.45, 7) is 9.10. The van der Waals surface area contributed by atoms with Crippen LogP contribution >= 0.6 is 0 Å². The lowest BCUT2D eigenvalue weighted by Crippen LogP contribution is -2.21. The average molecular weight is 287 g/mol. The van der Waals surface area contributed by atoms with Gasteiger partial charge in [0.05, 0.1) is 19.3 Å². The van der Waals surface area contributed by atoms with E-state index in [-0.39, 0.29) is 0 Å². The summed E-state index contributed by atoms with van der Waals surface area (Å²) < 4.78 is 7.48.